The molecule has 0 radical (unpaired) electrons. The van der Waals surface area contributed by atoms with Crippen LogP contribution in [0.5, 0.6) is 0 Å². The molecule has 5 heteroatoms. The van der Waals surface area contributed by atoms with E-state index < -0.39 is 9.84 Å². The fourth-order valence-electron chi connectivity index (χ4n) is 3.17. The first-order valence-corrected chi connectivity index (χ1v) is 8.36. The van der Waals surface area contributed by atoms with Gasteiger partial charge in [-0.2, -0.15) is 0 Å². The van der Waals surface area contributed by atoms with Crippen LogP contribution in [0.1, 0.15) is 24.8 Å². The number of sulfone groups is 1. The largest absolute Gasteiger partial charge is 0.298 e. The number of hydrogen-bond donors (Lipinski definition) is 0. The van der Waals surface area contributed by atoms with Crippen LogP contribution >= 0.6 is 0 Å². The van der Waals surface area contributed by atoms with Crippen molar-refractivity contribution in [1.29, 1.82) is 0 Å². The van der Waals surface area contributed by atoms with E-state index in [2.05, 4.69) is 4.90 Å². The fraction of sp³-hybridized carbons (Fsp3) is 0.571. The third-order valence-corrected chi connectivity index (χ3v) is 7.00. The topological polar surface area (TPSA) is 37.4 Å². The lowest BCUT2D eigenvalue weighted by atomic mass is 10.1. The van der Waals surface area contributed by atoms with Crippen LogP contribution in [0, 0.1) is 5.82 Å². The molecule has 104 valence electrons. The van der Waals surface area contributed by atoms with E-state index in [4.69, 9.17) is 0 Å². The average molecular weight is 283 g/mol. The van der Waals surface area contributed by atoms with Gasteiger partial charge in [0.15, 0.2) is 9.84 Å². The second kappa shape index (κ2) is 4.87. The van der Waals surface area contributed by atoms with Crippen molar-refractivity contribution in [2.75, 3.05) is 13.1 Å². The summed E-state index contributed by atoms with van der Waals surface area (Å²) in [6, 6.07) is 6.45. The van der Waals surface area contributed by atoms with E-state index in [1.54, 1.807) is 12.1 Å². The molecule has 2 saturated heterocycles. The number of hydrogen-bond acceptors (Lipinski definition) is 3. The highest BCUT2D eigenvalue weighted by Gasteiger charge is 2.43. The number of benzene rings is 1. The van der Waals surface area contributed by atoms with Crippen molar-refractivity contribution < 1.29 is 12.8 Å². The molecule has 2 fully saturated rings. The molecule has 0 N–H and O–H groups in total. The van der Waals surface area contributed by atoms with Crippen molar-refractivity contribution in [2.45, 2.75) is 36.3 Å². The Labute approximate surface area is 113 Å². The van der Waals surface area contributed by atoms with Crippen LogP contribution < -0.4 is 0 Å². The molecule has 2 heterocycles. The van der Waals surface area contributed by atoms with Gasteiger partial charge in [0.1, 0.15) is 5.82 Å². The van der Waals surface area contributed by atoms with E-state index in [0.29, 0.717) is 13.1 Å². The van der Waals surface area contributed by atoms with Crippen LogP contribution in [-0.2, 0) is 16.4 Å². The summed E-state index contributed by atoms with van der Waals surface area (Å²) < 4.78 is 37.2. The first-order valence-electron chi connectivity index (χ1n) is 6.75. The van der Waals surface area contributed by atoms with E-state index in [0.717, 1.165) is 31.4 Å². The van der Waals surface area contributed by atoms with Crippen molar-refractivity contribution in [2.24, 2.45) is 0 Å². The Morgan fingerprint density at radius 3 is 2.53 bits per heavy atom. The first-order chi connectivity index (χ1) is 9.05. The van der Waals surface area contributed by atoms with E-state index in [1.807, 2.05) is 0 Å². The number of nitrogens with zero attached hydrogens (tertiary/aromatic N) is 1. The number of rotatable bonds is 2. The minimum Gasteiger partial charge on any atom is -0.298 e. The highest BCUT2D eigenvalue weighted by atomic mass is 32.2. The van der Waals surface area contributed by atoms with E-state index in [9.17, 15) is 12.8 Å². The quantitative estimate of drug-likeness (QED) is 0.833. The highest BCUT2D eigenvalue weighted by Crippen LogP contribution is 2.33. The second-order valence-corrected chi connectivity index (χ2v) is 8.07. The van der Waals surface area contributed by atoms with Crippen molar-refractivity contribution >= 4 is 9.84 Å². The van der Waals surface area contributed by atoms with Crippen LogP contribution in [0.25, 0.3) is 0 Å². The van der Waals surface area contributed by atoms with Crippen LogP contribution in [0.15, 0.2) is 24.3 Å². The average Bonchev–Trinajstić information content (AvgIpc) is 2.55. The molecule has 3 nitrogen and oxygen atoms in total. The van der Waals surface area contributed by atoms with E-state index >= 15 is 0 Å². The van der Waals surface area contributed by atoms with E-state index in [1.165, 1.54) is 12.1 Å². The minimum atomic E-state index is -2.90. The maximum absolute atomic E-state index is 12.9. The molecular formula is C14H18FNO2S. The number of halogens is 1. The molecule has 0 spiro atoms. The Morgan fingerprint density at radius 1 is 1.11 bits per heavy atom. The molecule has 19 heavy (non-hydrogen) atoms. The van der Waals surface area contributed by atoms with Gasteiger partial charge >= 0.3 is 0 Å². The summed E-state index contributed by atoms with van der Waals surface area (Å²) in [4.78, 5) is 2.19. The zero-order chi connectivity index (χ0) is 13.5. The van der Waals surface area contributed by atoms with Crippen molar-refractivity contribution in [3.8, 4) is 0 Å². The molecule has 3 rings (SSSR count). The lowest BCUT2D eigenvalue weighted by molar-refractivity contribution is 0.254. The van der Waals surface area contributed by atoms with Gasteiger partial charge in [-0.3, -0.25) is 4.90 Å². The summed E-state index contributed by atoms with van der Waals surface area (Å²) >= 11 is 0. The monoisotopic (exact) mass is 283 g/mol. The molecule has 0 aromatic heterocycles. The van der Waals surface area contributed by atoms with Gasteiger partial charge in [0.05, 0.1) is 10.5 Å². The number of likely N-dealkylation sites (tertiary alicyclic amines) is 1. The van der Waals surface area contributed by atoms with Crippen LogP contribution in [0.3, 0.4) is 0 Å². The molecule has 0 aliphatic carbocycles. The second-order valence-electron chi connectivity index (χ2n) is 5.56. The zero-order valence-corrected chi connectivity index (χ0v) is 11.6. The van der Waals surface area contributed by atoms with Gasteiger partial charge in [0, 0.05) is 13.1 Å². The third kappa shape index (κ3) is 2.54. The van der Waals surface area contributed by atoms with Gasteiger partial charge in [-0.05, 0) is 43.5 Å². The zero-order valence-electron chi connectivity index (χ0n) is 10.8. The molecule has 1 aromatic carbocycles. The van der Waals surface area contributed by atoms with Crippen molar-refractivity contribution in [3.63, 3.8) is 0 Å². The molecule has 0 saturated carbocycles. The molecular weight excluding hydrogens is 265 g/mol. The van der Waals surface area contributed by atoms with E-state index in [-0.39, 0.29) is 16.3 Å². The normalized spacial score (nSPS) is 30.2. The highest BCUT2D eigenvalue weighted by molar-refractivity contribution is 7.93. The standard InChI is InChI=1S/C14H18FNO2S/c15-12-3-1-11(2-4-12)9-16-8-7-13-5-6-14(10-16)19(13,17)18/h1-4,13-14H,5-10H2. The summed E-state index contributed by atoms with van der Waals surface area (Å²) in [6.45, 7) is 2.15. The van der Waals surface area contributed by atoms with Gasteiger partial charge in [0.25, 0.3) is 0 Å². The third-order valence-electron chi connectivity index (χ3n) is 4.29. The first kappa shape index (κ1) is 13.1. The van der Waals surface area contributed by atoms with Crippen LogP contribution in [-0.4, -0.2) is 36.9 Å². The summed E-state index contributed by atoms with van der Waals surface area (Å²) in [5, 5.41) is -0.323. The Kier molecular flexibility index (Phi) is 3.35. The smallest absolute Gasteiger partial charge is 0.157 e. The van der Waals surface area contributed by atoms with Crippen molar-refractivity contribution in [3.05, 3.63) is 35.6 Å². The molecule has 2 aliphatic heterocycles. The van der Waals surface area contributed by atoms with Gasteiger partial charge < -0.3 is 0 Å². The summed E-state index contributed by atoms with van der Waals surface area (Å²) in [5.41, 5.74) is 1.04. The SMILES string of the molecule is O=S1(=O)C2CCC1CN(Cc1ccc(F)cc1)CC2. The maximum atomic E-state index is 12.9. The Balaban J connectivity index is 1.72. The minimum absolute atomic E-state index is 0.129. The predicted octanol–water partition coefficient (Wildman–Crippen LogP) is 1.98. The fourth-order valence-corrected chi connectivity index (χ4v) is 5.50. The molecule has 1 aromatic rings. The summed E-state index contributed by atoms with van der Waals surface area (Å²) in [6.07, 6.45) is 2.37. The molecule has 2 aliphatic rings. The Morgan fingerprint density at radius 2 is 1.79 bits per heavy atom. The number of fused-ring (bicyclic) bond motifs is 2. The van der Waals surface area contributed by atoms with Gasteiger partial charge in [0.2, 0.25) is 0 Å². The summed E-state index contributed by atoms with van der Waals surface area (Å²) in [7, 11) is -2.90. The maximum Gasteiger partial charge on any atom is 0.157 e. The summed E-state index contributed by atoms with van der Waals surface area (Å²) in [5.74, 6) is -0.235. The lowest BCUT2D eigenvalue weighted by Gasteiger charge is -2.23. The van der Waals surface area contributed by atoms with Crippen LogP contribution in [0.4, 0.5) is 4.39 Å². The molecule has 2 bridgehead atoms. The molecule has 2 unspecified atom stereocenters. The van der Waals surface area contributed by atoms with Gasteiger partial charge in [-0.15, -0.1) is 0 Å². The Hall–Kier alpha value is -0.940. The van der Waals surface area contributed by atoms with Gasteiger partial charge in [-0.1, -0.05) is 12.1 Å². The molecule has 2 atom stereocenters. The van der Waals surface area contributed by atoms with Crippen molar-refractivity contribution in [1.82, 2.24) is 4.90 Å². The predicted molar refractivity (Wildman–Crippen MR) is 72.0 cm³/mol. The lowest BCUT2D eigenvalue weighted by Crippen LogP contribution is -2.32. The molecule has 0 amide bonds. The van der Waals surface area contributed by atoms with Gasteiger partial charge in [-0.25, -0.2) is 12.8 Å². The van der Waals surface area contributed by atoms with Crippen LogP contribution in [0.2, 0.25) is 0 Å². The Bertz CT molecular complexity index is 555.